The molecule has 0 aliphatic carbocycles. The summed E-state index contributed by atoms with van der Waals surface area (Å²) in [6.07, 6.45) is 4.12. The normalized spacial score (nSPS) is 13.8. The first-order valence-electron chi connectivity index (χ1n) is 7.20. The lowest BCUT2D eigenvalue weighted by Gasteiger charge is -2.10. The number of halogens is 2. The molecule has 0 aromatic heterocycles. The quantitative estimate of drug-likeness (QED) is 0.534. The SMILES string of the molecule is O=C(/C=C/c1ccc(Cl)cc1)c1cc2c(cc1Br)OCCCO2. The summed E-state index contributed by atoms with van der Waals surface area (Å²) in [5, 5.41) is 0.666. The molecule has 0 atom stereocenters. The topological polar surface area (TPSA) is 35.5 Å². The Morgan fingerprint density at radius 3 is 2.43 bits per heavy atom. The zero-order valence-electron chi connectivity index (χ0n) is 12.2. The largest absolute Gasteiger partial charge is 0.490 e. The van der Waals surface area contributed by atoms with E-state index >= 15 is 0 Å². The molecule has 5 heteroatoms. The van der Waals surface area contributed by atoms with Gasteiger partial charge in [0.05, 0.1) is 13.2 Å². The zero-order chi connectivity index (χ0) is 16.2. The smallest absolute Gasteiger partial charge is 0.187 e. The van der Waals surface area contributed by atoms with Crippen molar-refractivity contribution in [2.75, 3.05) is 13.2 Å². The first-order chi connectivity index (χ1) is 11.1. The second kappa shape index (κ2) is 7.20. The van der Waals surface area contributed by atoms with Gasteiger partial charge in [0, 0.05) is 21.5 Å². The molecule has 0 fully saturated rings. The average Bonchev–Trinajstić information content (AvgIpc) is 2.78. The fourth-order valence-electron chi connectivity index (χ4n) is 2.21. The third-order valence-electron chi connectivity index (χ3n) is 3.40. The maximum atomic E-state index is 12.4. The van der Waals surface area contributed by atoms with Gasteiger partial charge in [-0.2, -0.15) is 0 Å². The molecule has 3 nitrogen and oxygen atoms in total. The third-order valence-corrected chi connectivity index (χ3v) is 4.31. The van der Waals surface area contributed by atoms with E-state index in [4.69, 9.17) is 21.1 Å². The number of benzene rings is 2. The maximum absolute atomic E-state index is 12.4. The first-order valence-corrected chi connectivity index (χ1v) is 8.38. The van der Waals surface area contributed by atoms with Gasteiger partial charge in [-0.05, 0) is 51.8 Å². The van der Waals surface area contributed by atoms with Crippen molar-refractivity contribution in [1.29, 1.82) is 0 Å². The molecule has 0 spiro atoms. The summed E-state index contributed by atoms with van der Waals surface area (Å²) in [7, 11) is 0. The molecule has 3 rings (SSSR count). The summed E-state index contributed by atoms with van der Waals surface area (Å²) in [6.45, 7) is 1.20. The van der Waals surface area contributed by atoms with Gasteiger partial charge in [0.2, 0.25) is 0 Å². The minimum atomic E-state index is -0.109. The van der Waals surface area contributed by atoms with Crippen LogP contribution in [0.15, 0.2) is 46.9 Å². The molecule has 1 aliphatic rings. The van der Waals surface area contributed by atoms with Crippen LogP contribution in [0.3, 0.4) is 0 Å². The molecule has 0 unspecified atom stereocenters. The Morgan fingerprint density at radius 1 is 1.09 bits per heavy atom. The van der Waals surface area contributed by atoms with E-state index in [1.165, 1.54) is 6.08 Å². The number of carbonyl (C=O) groups is 1. The highest BCUT2D eigenvalue weighted by molar-refractivity contribution is 9.10. The summed E-state index contributed by atoms with van der Waals surface area (Å²) >= 11 is 9.28. The fraction of sp³-hybridized carbons (Fsp3) is 0.167. The molecule has 0 N–H and O–H groups in total. The van der Waals surface area contributed by atoms with E-state index < -0.39 is 0 Å². The van der Waals surface area contributed by atoms with Gasteiger partial charge in [-0.15, -0.1) is 0 Å². The maximum Gasteiger partial charge on any atom is 0.187 e. The number of rotatable bonds is 3. The lowest BCUT2D eigenvalue weighted by Crippen LogP contribution is -1.99. The van der Waals surface area contributed by atoms with E-state index in [9.17, 15) is 4.79 Å². The lowest BCUT2D eigenvalue weighted by atomic mass is 10.1. The Bertz CT molecular complexity index is 754. The summed E-state index contributed by atoms with van der Waals surface area (Å²) in [5.74, 6) is 1.16. The average molecular weight is 394 g/mol. The van der Waals surface area contributed by atoms with Crippen molar-refractivity contribution in [3.63, 3.8) is 0 Å². The van der Waals surface area contributed by atoms with Gasteiger partial charge in [0.1, 0.15) is 0 Å². The minimum absolute atomic E-state index is 0.109. The van der Waals surface area contributed by atoms with E-state index in [-0.39, 0.29) is 5.78 Å². The first kappa shape index (κ1) is 16.1. The van der Waals surface area contributed by atoms with Gasteiger partial charge in [-0.3, -0.25) is 4.79 Å². The molecule has 118 valence electrons. The summed E-state index contributed by atoms with van der Waals surface area (Å²) in [6, 6.07) is 10.8. The van der Waals surface area contributed by atoms with Crippen LogP contribution in [0.25, 0.3) is 6.08 Å². The summed E-state index contributed by atoms with van der Waals surface area (Å²) < 4.78 is 11.9. The lowest BCUT2D eigenvalue weighted by molar-refractivity contribution is 0.104. The molecule has 0 radical (unpaired) electrons. The van der Waals surface area contributed by atoms with Crippen molar-refractivity contribution in [2.24, 2.45) is 0 Å². The van der Waals surface area contributed by atoms with Crippen LogP contribution in [0.1, 0.15) is 22.3 Å². The monoisotopic (exact) mass is 392 g/mol. The molecular formula is C18H14BrClO3. The van der Waals surface area contributed by atoms with Crippen molar-refractivity contribution in [1.82, 2.24) is 0 Å². The Balaban J connectivity index is 1.84. The highest BCUT2D eigenvalue weighted by Gasteiger charge is 2.16. The Labute approximate surface area is 148 Å². The number of hydrogen-bond acceptors (Lipinski definition) is 3. The van der Waals surface area contributed by atoms with E-state index in [1.54, 1.807) is 30.3 Å². The van der Waals surface area contributed by atoms with Crippen LogP contribution in [-0.2, 0) is 0 Å². The second-order valence-corrected chi connectivity index (χ2v) is 6.37. The molecule has 2 aromatic rings. The number of ether oxygens (including phenoxy) is 2. The van der Waals surface area contributed by atoms with Gasteiger partial charge in [-0.1, -0.05) is 29.8 Å². The molecule has 1 heterocycles. The standard InChI is InChI=1S/C18H14BrClO3/c19-15-11-18-17(22-8-1-9-23-18)10-14(15)16(21)7-4-12-2-5-13(20)6-3-12/h2-7,10-11H,1,8-9H2/b7-4+. The molecule has 23 heavy (non-hydrogen) atoms. The molecule has 0 saturated carbocycles. The molecule has 1 aliphatic heterocycles. The molecule has 2 aromatic carbocycles. The summed E-state index contributed by atoms with van der Waals surface area (Å²) in [4.78, 5) is 12.4. The predicted octanol–water partition coefficient (Wildman–Crippen LogP) is 5.16. The van der Waals surface area contributed by atoms with Gasteiger partial charge < -0.3 is 9.47 Å². The van der Waals surface area contributed by atoms with Crippen LogP contribution >= 0.6 is 27.5 Å². The number of fused-ring (bicyclic) bond motifs is 1. The number of allylic oxidation sites excluding steroid dienone is 1. The number of hydrogen-bond donors (Lipinski definition) is 0. The van der Waals surface area contributed by atoms with Gasteiger partial charge in [-0.25, -0.2) is 0 Å². The highest BCUT2D eigenvalue weighted by atomic mass is 79.9. The van der Waals surface area contributed by atoms with Gasteiger partial charge in [0.25, 0.3) is 0 Å². The predicted molar refractivity (Wildman–Crippen MR) is 94.6 cm³/mol. The van der Waals surface area contributed by atoms with Crippen LogP contribution in [0.4, 0.5) is 0 Å². The van der Waals surface area contributed by atoms with Crippen LogP contribution in [0.2, 0.25) is 5.02 Å². The van der Waals surface area contributed by atoms with Crippen molar-refractivity contribution in [3.05, 3.63) is 63.1 Å². The Morgan fingerprint density at radius 2 is 1.74 bits per heavy atom. The number of ketones is 1. The van der Waals surface area contributed by atoms with Crippen LogP contribution in [0.5, 0.6) is 11.5 Å². The van der Waals surface area contributed by atoms with E-state index in [2.05, 4.69) is 15.9 Å². The van der Waals surface area contributed by atoms with E-state index in [1.807, 2.05) is 12.1 Å². The van der Waals surface area contributed by atoms with Crippen molar-refractivity contribution in [3.8, 4) is 11.5 Å². The zero-order valence-corrected chi connectivity index (χ0v) is 14.6. The molecule has 0 amide bonds. The van der Waals surface area contributed by atoms with Crippen molar-refractivity contribution >= 4 is 39.4 Å². The van der Waals surface area contributed by atoms with E-state index in [0.29, 0.717) is 39.8 Å². The van der Waals surface area contributed by atoms with Crippen molar-refractivity contribution < 1.29 is 14.3 Å². The van der Waals surface area contributed by atoms with Crippen LogP contribution < -0.4 is 9.47 Å². The Kier molecular flexibility index (Phi) is 5.03. The van der Waals surface area contributed by atoms with Crippen LogP contribution in [-0.4, -0.2) is 19.0 Å². The van der Waals surface area contributed by atoms with Crippen molar-refractivity contribution in [2.45, 2.75) is 6.42 Å². The highest BCUT2D eigenvalue weighted by Crippen LogP contribution is 2.35. The summed E-state index contributed by atoms with van der Waals surface area (Å²) in [5.41, 5.74) is 1.45. The van der Waals surface area contributed by atoms with E-state index in [0.717, 1.165) is 12.0 Å². The Hall–Kier alpha value is -1.78. The third kappa shape index (κ3) is 3.95. The molecule has 0 bridgehead atoms. The fourth-order valence-corrected chi connectivity index (χ4v) is 2.85. The van der Waals surface area contributed by atoms with Gasteiger partial charge >= 0.3 is 0 Å². The van der Waals surface area contributed by atoms with Gasteiger partial charge in [0.15, 0.2) is 17.3 Å². The second-order valence-electron chi connectivity index (χ2n) is 5.08. The molecular weight excluding hydrogens is 380 g/mol. The minimum Gasteiger partial charge on any atom is -0.490 e. The molecule has 0 saturated heterocycles. The number of carbonyl (C=O) groups excluding carboxylic acids is 1. The van der Waals surface area contributed by atoms with Crippen LogP contribution in [0, 0.1) is 0 Å².